The van der Waals surface area contributed by atoms with E-state index in [0.717, 1.165) is 29.8 Å². The summed E-state index contributed by atoms with van der Waals surface area (Å²) >= 11 is 1.58. The Balaban J connectivity index is 1.68. The average Bonchev–Trinajstić information content (AvgIpc) is 2.54. The Hall–Kier alpha value is -1.34. The molecule has 0 radical (unpaired) electrons. The Kier molecular flexibility index (Phi) is 5.01. The molecule has 24 heavy (non-hydrogen) atoms. The van der Waals surface area contributed by atoms with Gasteiger partial charge in [0.1, 0.15) is 5.82 Å². The van der Waals surface area contributed by atoms with E-state index in [-0.39, 0.29) is 11.9 Å². The van der Waals surface area contributed by atoms with E-state index < -0.39 is 0 Å². The first kappa shape index (κ1) is 17.5. The van der Waals surface area contributed by atoms with Gasteiger partial charge in [-0.1, -0.05) is 11.8 Å². The van der Waals surface area contributed by atoms with Crippen molar-refractivity contribution in [2.24, 2.45) is 0 Å². The van der Waals surface area contributed by atoms with Gasteiger partial charge in [0.15, 0.2) is 5.16 Å². The number of hydrogen-bond acceptors (Lipinski definition) is 6. The van der Waals surface area contributed by atoms with Gasteiger partial charge in [0.25, 0.3) is 0 Å². The number of nitrogens with one attached hydrogen (secondary N) is 1. The van der Waals surface area contributed by atoms with Gasteiger partial charge >= 0.3 is 0 Å². The molecule has 4 rings (SSSR count). The topological polar surface area (TPSA) is 61.4 Å². The second-order valence-corrected chi connectivity index (χ2v) is 7.86. The molecule has 6 nitrogen and oxygen atoms in total. The number of anilines is 1. The quantitative estimate of drug-likeness (QED) is 0.644. The minimum Gasteiger partial charge on any atom is -0.353 e. The fourth-order valence-electron chi connectivity index (χ4n) is 3.64. The second kappa shape index (κ2) is 6.88. The molecule has 0 spiro atoms. The lowest BCUT2D eigenvalue weighted by Gasteiger charge is -2.56. The third-order valence-electron chi connectivity index (χ3n) is 4.95. The number of carbonyl (C=O) groups is 1. The summed E-state index contributed by atoms with van der Waals surface area (Å²) < 4.78 is 0. The van der Waals surface area contributed by atoms with Crippen molar-refractivity contribution >= 4 is 23.5 Å². The maximum absolute atomic E-state index is 12.0. The minimum atomic E-state index is 0.131. The van der Waals surface area contributed by atoms with Gasteiger partial charge in [0.05, 0.1) is 6.54 Å². The van der Waals surface area contributed by atoms with Gasteiger partial charge in [0, 0.05) is 42.5 Å². The van der Waals surface area contributed by atoms with Crippen LogP contribution in [0.25, 0.3) is 0 Å². The number of fused-ring (bicyclic) bond motifs is 2. The van der Waals surface area contributed by atoms with Crippen LogP contribution in [-0.4, -0.2) is 64.8 Å². The largest absolute Gasteiger partial charge is 0.353 e. The highest BCUT2D eigenvalue weighted by Gasteiger charge is 2.45. The first-order valence-corrected chi connectivity index (χ1v) is 9.80. The summed E-state index contributed by atoms with van der Waals surface area (Å²) in [6.45, 7) is 10.5. The third-order valence-corrected chi connectivity index (χ3v) is 5.49. The smallest absolute Gasteiger partial charge is 0.234 e. The molecular formula is C17H27N5OS. The van der Waals surface area contributed by atoms with Crippen LogP contribution in [0.1, 0.15) is 31.5 Å². The van der Waals surface area contributed by atoms with Crippen molar-refractivity contribution in [3.05, 3.63) is 11.3 Å². The summed E-state index contributed by atoms with van der Waals surface area (Å²) in [6, 6.07) is 1.11. The Bertz CT molecular complexity index is 624. The Morgan fingerprint density at radius 3 is 2.54 bits per heavy atom. The van der Waals surface area contributed by atoms with Crippen molar-refractivity contribution in [1.29, 1.82) is 0 Å². The molecule has 2 atom stereocenters. The van der Waals surface area contributed by atoms with Crippen molar-refractivity contribution < 1.29 is 4.79 Å². The number of aromatic nitrogens is 2. The van der Waals surface area contributed by atoms with Gasteiger partial charge in [-0.15, -0.1) is 0 Å². The highest BCUT2D eigenvalue weighted by Crippen LogP contribution is 2.35. The molecule has 3 saturated heterocycles. The van der Waals surface area contributed by atoms with E-state index >= 15 is 0 Å². The van der Waals surface area contributed by atoms with Crippen molar-refractivity contribution in [2.45, 2.75) is 57.4 Å². The van der Waals surface area contributed by atoms with Crippen LogP contribution in [0.2, 0.25) is 0 Å². The zero-order valence-corrected chi connectivity index (χ0v) is 16.0. The predicted molar refractivity (Wildman–Crippen MR) is 97.7 cm³/mol. The fourth-order valence-corrected chi connectivity index (χ4v) is 4.05. The second-order valence-electron chi connectivity index (χ2n) is 7.09. The van der Waals surface area contributed by atoms with E-state index in [4.69, 9.17) is 4.98 Å². The van der Waals surface area contributed by atoms with Crippen LogP contribution in [0.4, 0.5) is 5.82 Å². The first-order valence-electron chi connectivity index (χ1n) is 8.58. The standard InChI is InChI=1S/C17H27N5OS/c1-10(2)18-15(23)9-22-13-6-14(22)8-21(7-13)16-11(3)12(4)19-17(20-16)24-5/h10,13-14H,6-9H2,1-5H3,(H,18,23). The summed E-state index contributed by atoms with van der Waals surface area (Å²) in [6.07, 6.45) is 3.20. The number of nitrogens with zero attached hydrogens (tertiary/aromatic N) is 4. The number of amides is 1. The molecule has 2 bridgehead atoms. The lowest BCUT2D eigenvalue weighted by atomic mass is 9.87. The SMILES string of the molecule is CSc1nc(C)c(C)c(N2CC3CC(C2)N3CC(=O)NC(C)C)n1. The van der Waals surface area contributed by atoms with Crippen LogP contribution < -0.4 is 10.2 Å². The summed E-state index contributed by atoms with van der Waals surface area (Å²) in [5, 5.41) is 3.82. The van der Waals surface area contributed by atoms with Gasteiger partial charge in [-0.2, -0.15) is 0 Å². The Labute approximate surface area is 148 Å². The molecule has 132 valence electrons. The van der Waals surface area contributed by atoms with Gasteiger partial charge in [-0.05, 0) is 40.4 Å². The first-order chi connectivity index (χ1) is 11.4. The van der Waals surface area contributed by atoms with Crippen LogP contribution in [0.3, 0.4) is 0 Å². The molecule has 2 unspecified atom stereocenters. The van der Waals surface area contributed by atoms with Gasteiger partial charge < -0.3 is 10.2 Å². The van der Waals surface area contributed by atoms with Gasteiger partial charge in [-0.25, -0.2) is 9.97 Å². The molecule has 1 aromatic rings. The number of hydrogen-bond donors (Lipinski definition) is 1. The molecule has 7 heteroatoms. The van der Waals surface area contributed by atoms with Gasteiger partial charge in [-0.3, -0.25) is 9.69 Å². The highest BCUT2D eigenvalue weighted by molar-refractivity contribution is 7.98. The number of aryl methyl sites for hydroxylation is 1. The van der Waals surface area contributed by atoms with Crippen molar-refractivity contribution in [3.63, 3.8) is 0 Å². The molecular weight excluding hydrogens is 322 g/mol. The molecule has 1 aromatic heterocycles. The average molecular weight is 350 g/mol. The molecule has 1 N–H and O–H groups in total. The number of piperazine rings is 1. The summed E-state index contributed by atoms with van der Waals surface area (Å²) in [4.78, 5) is 26.0. The summed E-state index contributed by atoms with van der Waals surface area (Å²) in [5.41, 5.74) is 2.22. The number of carbonyl (C=O) groups excluding carboxylic acids is 1. The van der Waals surface area contributed by atoms with E-state index in [1.807, 2.05) is 27.0 Å². The Morgan fingerprint density at radius 1 is 1.29 bits per heavy atom. The molecule has 1 amide bonds. The molecule has 3 aliphatic rings. The maximum atomic E-state index is 12.0. The zero-order chi connectivity index (χ0) is 17.4. The van der Waals surface area contributed by atoms with Crippen LogP contribution in [0.5, 0.6) is 0 Å². The van der Waals surface area contributed by atoms with E-state index in [0.29, 0.717) is 18.6 Å². The maximum Gasteiger partial charge on any atom is 0.234 e. The lowest BCUT2D eigenvalue weighted by molar-refractivity contribution is -0.127. The fraction of sp³-hybridized carbons (Fsp3) is 0.706. The third kappa shape index (κ3) is 3.37. The summed E-state index contributed by atoms with van der Waals surface area (Å²) in [7, 11) is 0. The summed E-state index contributed by atoms with van der Waals surface area (Å²) in [5.74, 6) is 1.19. The molecule has 3 fully saturated rings. The van der Waals surface area contributed by atoms with Crippen LogP contribution >= 0.6 is 11.8 Å². The molecule has 0 saturated carbocycles. The van der Waals surface area contributed by atoms with Crippen molar-refractivity contribution in [1.82, 2.24) is 20.2 Å². The Morgan fingerprint density at radius 2 is 1.96 bits per heavy atom. The zero-order valence-electron chi connectivity index (χ0n) is 15.2. The predicted octanol–water partition coefficient (Wildman–Crippen LogP) is 1.60. The van der Waals surface area contributed by atoms with Gasteiger partial charge in [0.2, 0.25) is 5.91 Å². The van der Waals surface area contributed by atoms with E-state index in [1.165, 1.54) is 12.0 Å². The van der Waals surface area contributed by atoms with E-state index in [9.17, 15) is 4.79 Å². The molecule has 4 heterocycles. The number of thioether (sulfide) groups is 1. The number of rotatable bonds is 5. The van der Waals surface area contributed by atoms with E-state index in [2.05, 4.69) is 27.0 Å². The van der Waals surface area contributed by atoms with Crippen LogP contribution in [-0.2, 0) is 4.79 Å². The normalized spacial score (nSPS) is 23.3. The molecule has 3 aliphatic heterocycles. The van der Waals surface area contributed by atoms with Crippen molar-refractivity contribution in [3.8, 4) is 0 Å². The molecule has 0 aromatic carbocycles. The van der Waals surface area contributed by atoms with Crippen molar-refractivity contribution in [2.75, 3.05) is 30.8 Å². The highest BCUT2D eigenvalue weighted by atomic mass is 32.2. The minimum absolute atomic E-state index is 0.131. The molecule has 0 aliphatic carbocycles. The number of piperidine rings is 1. The van der Waals surface area contributed by atoms with Crippen LogP contribution in [0.15, 0.2) is 5.16 Å². The van der Waals surface area contributed by atoms with E-state index in [1.54, 1.807) is 11.8 Å². The van der Waals surface area contributed by atoms with Crippen LogP contribution in [0, 0.1) is 13.8 Å². The monoisotopic (exact) mass is 349 g/mol. The lowest BCUT2D eigenvalue weighted by Crippen LogP contribution is -2.70.